The van der Waals surface area contributed by atoms with Crippen molar-refractivity contribution in [3.63, 3.8) is 0 Å². The van der Waals surface area contributed by atoms with Crippen LogP contribution in [0.1, 0.15) is 21.5 Å². The van der Waals surface area contributed by atoms with Gasteiger partial charge in [-0.15, -0.1) is 12.4 Å². The first-order chi connectivity index (χ1) is 21.9. The van der Waals surface area contributed by atoms with E-state index in [1.54, 1.807) is 78.9 Å². The topological polar surface area (TPSA) is 112 Å². The molecule has 1 heterocycles. The van der Waals surface area contributed by atoms with Gasteiger partial charge >= 0.3 is 17.5 Å². The zero-order valence-corrected chi connectivity index (χ0v) is 26.6. The number of hydrogen-bond donors (Lipinski definition) is 4. The van der Waals surface area contributed by atoms with Gasteiger partial charge in [0.1, 0.15) is 0 Å². The van der Waals surface area contributed by atoms with E-state index >= 15 is 0 Å². The lowest BCUT2D eigenvalue weighted by Crippen LogP contribution is -2.45. The van der Waals surface area contributed by atoms with Gasteiger partial charge in [0, 0.05) is 33.7 Å². The fourth-order valence-corrected chi connectivity index (χ4v) is 5.47. The van der Waals surface area contributed by atoms with Crippen molar-refractivity contribution in [1.82, 2.24) is 9.88 Å². The number of fused-ring (bicyclic) bond motifs is 1. The van der Waals surface area contributed by atoms with Gasteiger partial charge in [0.05, 0.1) is 11.2 Å². The number of aromatic nitrogens is 1. The Morgan fingerprint density at radius 1 is 0.851 bits per heavy atom. The number of thioether (sulfide) groups is 1. The minimum atomic E-state index is -4.35. The molecule has 0 saturated carbocycles. The zero-order chi connectivity index (χ0) is 32.8. The predicted octanol–water partition coefficient (Wildman–Crippen LogP) is 8.45. The third-order valence-corrected chi connectivity index (χ3v) is 7.85. The smallest absolute Gasteiger partial charge is 0.446 e. The fourth-order valence-electron chi connectivity index (χ4n) is 4.75. The molecule has 0 fully saturated rings. The number of rotatable bonds is 10. The average Bonchev–Trinajstić information content (AvgIpc) is 3.35. The summed E-state index contributed by atoms with van der Waals surface area (Å²) in [5.74, 6) is -2.11. The van der Waals surface area contributed by atoms with Gasteiger partial charge in [0.25, 0.3) is 5.91 Å². The Hall–Kier alpha value is -4.49. The van der Waals surface area contributed by atoms with E-state index in [1.807, 2.05) is 6.07 Å². The average molecular weight is 704 g/mol. The minimum absolute atomic E-state index is 0. The maximum Gasteiger partial charge on any atom is 0.446 e. The molecule has 4 N–H and O–H groups in total. The highest BCUT2D eigenvalue weighted by molar-refractivity contribution is 8.00. The highest BCUT2D eigenvalue weighted by atomic mass is 35.5. The molecule has 1 aromatic heterocycles. The Balaban J connectivity index is 0.00000500. The lowest BCUT2D eigenvalue weighted by Gasteiger charge is -2.14. The summed E-state index contributed by atoms with van der Waals surface area (Å²) in [6, 6.07) is 24.6. The van der Waals surface area contributed by atoms with Gasteiger partial charge < -0.3 is 15.7 Å². The van der Waals surface area contributed by atoms with Crippen LogP contribution in [0, 0.1) is 0 Å². The molecule has 0 bridgehead atoms. The summed E-state index contributed by atoms with van der Waals surface area (Å²) in [7, 11) is 0. The van der Waals surface area contributed by atoms with Crippen LogP contribution in [0.3, 0.4) is 0 Å². The van der Waals surface area contributed by atoms with Gasteiger partial charge in [-0.3, -0.25) is 14.7 Å². The molecule has 2 amide bonds. The fraction of sp³-hybridized carbons (Fsp3) is 0.121. The van der Waals surface area contributed by atoms with Gasteiger partial charge in [-0.1, -0.05) is 66.2 Å². The summed E-state index contributed by atoms with van der Waals surface area (Å²) in [6.07, 6.45) is 1.83. The predicted molar refractivity (Wildman–Crippen MR) is 180 cm³/mol. The molecule has 4 aromatic carbocycles. The van der Waals surface area contributed by atoms with Gasteiger partial charge in [0.15, 0.2) is 6.04 Å². The molecule has 0 radical (unpaired) electrons. The van der Waals surface area contributed by atoms with Crippen LogP contribution in [0.2, 0.25) is 5.02 Å². The van der Waals surface area contributed by atoms with Crippen LogP contribution in [0.25, 0.3) is 10.9 Å². The van der Waals surface area contributed by atoms with E-state index in [1.165, 1.54) is 22.9 Å². The highest BCUT2D eigenvalue weighted by Gasteiger charge is 2.30. The van der Waals surface area contributed by atoms with Crippen LogP contribution < -0.4 is 16.0 Å². The quantitative estimate of drug-likeness (QED) is 0.0859. The van der Waals surface area contributed by atoms with Gasteiger partial charge in [-0.25, -0.2) is 9.59 Å². The Labute approximate surface area is 282 Å². The molecule has 0 aliphatic heterocycles. The number of anilines is 2. The molecule has 244 valence electrons. The number of urea groups is 1. The molecule has 0 aliphatic carbocycles. The molecule has 0 aliphatic rings. The van der Waals surface area contributed by atoms with E-state index in [0.717, 1.165) is 16.7 Å². The SMILES string of the molecule is Cl.O=C(Nc1ccc(Cc2ccc(SC(F)(F)F)cc2)cc1)Nc1cn(C(=O)C(NCc2ccccc2)C(=O)O)c2ccc(Cl)cc12. The standard InChI is InChI=1S/C33H26ClF3N4O4S.ClH/c34-23-10-15-28-26(17-23)27(19-41(28)30(42)29(31(43)44)38-18-22-4-2-1-3-5-22)40-32(45)39-24-11-6-20(7-12-24)16-21-8-13-25(14-9-21)46-33(35,36)37;/h1-15,17,19,29,38H,16,18H2,(H,43,44)(H2,39,40,45);1H. The van der Waals surface area contributed by atoms with E-state index in [4.69, 9.17) is 11.6 Å². The highest BCUT2D eigenvalue weighted by Crippen LogP contribution is 2.37. The molecule has 0 saturated heterocycles. The molecule has 0 spiro atoms. The summed E-state index contributed by atoms with van der Waals surface area (Å²) < 4.78 is 38.9. The Bertz CT molecular complexity index is 1870. The maximum atomic E-state index is 13.4. The minimum Gasteiger partial charge on any atom is -0.480 e. The number of nitrogens with zero attached hydrogens (tertiary/aromatic N) is 1. The first kappa shape index (κ1) is 35.4. The van der Waals surface area contributed by atoms with Crippen molar-refractivity contribution in [2.45, 2.75) is 29.4 Å². The van der Waals surface area contributed by atoms with E-state index in [0.29, 0.717) is 28.0 Å². The number of nitrogens with one attached hydrogen (secondary N) is 3. The number of aliphatic carboxylic acids is 1. The summed E-state index contributed by atoms with van der Waals surface area (Å²) in [5.41, 5.74) is -0.780. The molecule has 1 unspecified atom stereocenters. The van der Waals surface area contributed by atoms with Gasteiger partial charge in [-0.05, 0) is 77.3 Å². The summed E-state index contributed by atoms with van der Waals surface area (Å²) in [6.45, 7) is 0.147. The van der Waals surface area contributed by atoms with Crippen molar-refractivity contribution in [3.8, 4) is 0 Å². The van der Waals surface area contributed by atoms with Crippen LogP contribution in [0.4, 0.5) is 29.3 Å². The number of halogens is 5. The lowest BCUT2D eigenvalue weighted by atomic mass is 10.0. The van der Waals surface area contributed by atoms with Crippen LogP contribution in [0.15, 0.2) is 108 Å². The first-order valence-electron chi connectivity index (χ1n) is 13.8. The van der Waals surface area contributed by atoms with Crippen molar-refractivity contribution in [2.24, 2.45) is 0 Å². The number of amides is 2. The van der Waals surface area contributed by atoms with Crippen molar-refractivity contribution < 1.29 is 32.7 Å². The number of carbonyl (C=O) groups excluding carboxylic acids is 2. The second-order valence-electron chi connectivity index (χ2n) is 10.2. The molecule has 14 heteroatoms. The van der Waals surface area contributed by atoms with Crippen molar-refractivity contribution in [3.05, 3.63) is 125 Å². The second kappa shape index (κ2) is 15.4. The van der Waals surface area contributed by atoms with E-state index in [2.05, 4.69) is 16.0 Å². The number of hydrogen-bond acceptors (Lipinski definition) is 5. The third kappa shape index (κ3) is 9.52. The van der Waals surface area contributed by atoms with Gasteiger partial charge in [0.2, 0.25) is 0 Å². The Morgan fingerprint density at radius 3 is 2.11 bits per heavy atom. The number of benzene rings is 4. The monoisotopic (exact) mass is 702 g/mol. The van der Waals surface area contributed by atoms with Crippen LogP contribution >= 0.6 is 35.8 Å². The largest absolute Gasteiger partial charge is 0.480 e. The van der Waals surface area contributed by atoms with E-state index in [-0.39, 0.29) is 41.3 Å². The Morgan fingerprint density at radius 2 is 1.49 bits per heavy atom. The molecule has 1 atom stereocenters. The van der Waals surface area contributed by atoms with Crippen molar-refractivity contribution >= 4 is 76.0 Å². The molecule has 8 nitrogen and oxygen atoms in total. The van der Waals surface area contributed by atoms with Gasteiger partial charge in [-0.2, -0.15) is 13.2 Å². The summed E-state index contributed by atoms with van der Waals surface area (Å²) in [5, 5.41) is 18.8. The van der Waals surface area contributed by atoms with Crippen LogP contribution in [-0.4, -0.2) is 39.1 Å². The number of alkyl halides is 3. The molecule has 47 heavy (non-hydrogen) atoms. The van der Waals surface area contributed by atoms with Crippen LogP contribution in [0.5, 0.6) is 0 Å². The van der Waals surface area contributed by atoms with Crippen LogP contribution in [-0.2, 0) is 17.8 Å². The lowest BCUT2D eigenvalue weighted by molar-refractivity contribution is -0.138. The molecule has 5 rings (SSSR count). The Kier molecular flexibility index (Phi) is 11.6. The molecular weight excluding hydrogens is 676 g/mol. The normalized spacial score (nSPS) is 11.8. The first-order valence-corrected chi connectivity index (χ1v) is 15.0. The number of carboxylic acids is 1. The molecule has 5 aromatic rings. The van der Waals surface area contributed by atoms with Crippen molar-refractivity contribution in [2.75, 3.05) is 10.6 Å². The summed E-state index contributed by atoms with van der Waals surface area (Å²) >= 11 is 6.04. The second-order valence-corrected chi connectivity index (χ2v) is 11.8. The number of carbonyl (C=O) groups is 3. The zero-order valence-electron chi connectivity index (χ0n) is 24.3. The van der Waals surface area contributed by atoms with Crippen molar-refractivity contribution in [1.29, 1.82) is 0 Å². The number of carboxylic acid groups (broad SMARTS) is 1. The summed E-state index contributed by atoms with van der Waals surface area (Å²) in [4.78, 5) is 38.6. The molecular formula is C33H27Cl2F3N4O4S. The maximum absolute atomic E-state index is 13.4. The third-order valence-electron chi connectivity index (χ3n) is 6.88. The van der Waals surface area contributed by atoms with E-state index < -0.39 is 29.5 Å². The van der Waals surface area contributed by atoms with E-state index in [9.17, 15) is 32.7 Å².